The summed E-state index contributed by atoms with van der Waals surface area (Å²) < 4.78 is 0. The molecule has 1 unspecified atom stereocenters. The zero-order chi connectivity index (χ0) is 14.5. The van der Waals surface area contributed by atoms with Crippen molar-refractivity contribution in [3.8, 4) is 0 Å². The number of likely N-dealkylation sites (N-methyl/N-ethyl adjacent to an activating group) is 1. The molecule has 5 heteroatoms. The number of anilines is 1. The fourth-order valence-corrected chi connectivity index (χ4v) is 2.45. The van der Waals surface area contributed by atoms with Crippen molar-refractivity contribution in [1.29, 1.82) is 0 Å². The predicted molar refractivity (Wildman–Crippen MR) is 80.8 cm³/mol. The Morgan fingerprint density at radius 2 is 2.20 bits per heavy atom. The highest BCUT2D eigenvalue weighted by molar-refractivity contribution is 5.81. The van der Waals surface area contributed by atoms with Crippen LogP contribution in [-0.4, -0.2) is 49.0 Å². The molecule has 1 N–H and O–H groups in total. The summed E-state index contributed by atoms with van der Waals surface area (Å²) in [7, 11) is 1.86. The van der Waals surface area contributed by atoms with E-state index < -0.39 is 0 Å². The van der Waals surface area contributed by atoms with Crippen LogP contribution < -0.4 is 10.2 Å². The van der Waals surface area contributed by atoms with Crippen LogP contribution in [0.1, 0.15) is 31.9 Å². The van der Waals surface area contributed by atoms with Crippen molar-refractivity contribution in [3.63, 3.8) is 0 Å². The number of aromatic nitrogens is 1. The maximum absolute atomic E-state index is 11.9. The first kappa shape index (κ1) is 14.8. The Kier molecular flexibility index (Phi) is 4.95. The maximum Gasteiger partial charge on any atom is 0.241 e. The van der Waals surface area contributed by atoms with Crippen molar-refractivity contribution in [2.45, 2.75) is 26.3 Å². The van der Waals surface area contributed by atoms with E-state index in [0.717, 1.165) is 31.9 Å². The molecule has 2 heterocycles. The minimum atomic E-state index is 0.161. The van der Waals surface area contributed by atoms with Crippen LogP contribution in [0.2, 0.25) is 0 Å². The minimum Gasteiger partial charge on any atom is -0.347 e. The summed E-state index contributed by atoms with van der Waals surface area (Å²) in [4.78, 5) is 20.3. The molecule has 0 aliphatic carbocycles. The molecule has 110 valence electrons. The lowest BCUT2D eigenvalue weighted by Crippen LogP contribution is -2.34. The van der Waals surface area contributed by atoms with Gasteiger partial charge in [0.1, 0.15) is 5.82 Å². The van der Waals surface area contributed by atoms with Gasteiger partial charge in [0.2, 0.25) is 5.91 Å². The van der Waals surface area contributed by atoms with Crippen LogP contribution in [-0.2, 0) is 4.79 Å². The topological polar surface area (TPSA) is 48.5 Å². The van der Waals surface area contributed by atoms with Crippen molar-refractivity contribution in [2.75, 3.05) is 38.1 Å². The van der Waals surface area contributed by atoms with E-state index in [-0.39, 0.29) is 5.91 Å². The summed E-state index contributed by atoms with van der Waals surface area (Å²) >= 11 is 0. The molecule has 5 nitrogen and oxygen atoms in total. The van der Waals surface area contributed by atoms with Gasteiger partial charge in [-0.2, -0.15) is 0 Å². The standard InChI is InChI=1S/C15H24N4O/c1-4-16-12(2)13-6-7-14(17-10-13)19-9-5-8-18(3)15(20)11-19/h6-7,10,12,16H,4-5,8-9,11H2,1-3H3. The van der Waals surface area contributed by atoms with Crippen LogP contribution in [0.25, 0.3) is 0 Å². The minimum absolute atomic E-state index is 0.161. The summed E-state index contributed by atoms with van der Waals surface area (Å²) in [6, 6.07) is 4.41. The number of nitrogens with zero attached hydrogens (tertiary/aromatic N) is 3. The van der Waals surface area contributed by atoms with Crippen LogP contribution in [0.3, 0.4) is 0 Å². The van der Waals surface area contributed by atoms with Crippen LogP contribution in [0, 0.1) is 0 Å². The normalized spacial score (nSPS) is 18.1. The quantitative estimate of drug-likeness (QED) is 0.903. The van der Waals surface area contributed by atoms with Crippen molar-refractivity contribution >= 4 is 11.7 Å². The number of rotatable bonds is 4. The van der Waals surface area contributed by atoms with E-state index in [9.17, 15) is 4.79 Å². The third-order valence-corrected chi connectivity index (χ3v) is 3.78. The predicted octanol–water partition coefficient (Wildman–Crippen LogP) is 1.42. The second kappa shape index (κ2) is 6.70. The summed E-state index contributed by atoms with van der Waals surface area (Å²) in [6.07, 6.45) is 2.89. The Morgan fingerprint density at radius 3 is 2.85 bits per heavy atom. The summed E-state index contributed by atoms with van der Waals surface area (Å²) in [5.41, 5.74) is 1.17. The number of hydrogen-bond acceptors (Lipinski definition) is 4. The van der Waals surface area contributed by atoms with Gasteiger partial charge in [0, 0.05) is 32.4 Å². The van der Waals surface area contributed by atoms with Crippen molar-refractivity contribution < 1.29 is 4.79 Å². The first-order valence-corrected chi connectivity index (χ1v) is 7.30. The van der Waals surface area contributed by atoms with Gasteiger partial charge >= 0.3 is 0 Å². The van der Waals surface area contributed by atoms with Gasteiger partial charge in [0.15, 0.2) is 0 Å². The third-order valence-electron chi connectivity index (χ3n) is 3.78. The Bertz CT molecular complexity index is 446. The molecule has 0 saturated carbocycles. The van der Waals surface area contributed by atoms with Gasteiger partial charge in [0.05, 0.1) is 6.54 Å². The molecule has 1 saturated heterocycles. The van der Waals surface area contributed by atoms with Gasteiger partial charge in [-0.25, -0.2) is 4.98 Å². The van der Waals surface area contributed by atoms with E-state index in [4.69, 9.17) is 0 Å². The number of nitrogens with one attached hydrogen (secondary N) is 1. The number of carbonyl (C=O) groups is 1. The van der Waals surface area contributed by atoms with Gasteiger partial charge < -0.3 is 15.1 Å². The fourth-order valence-electron chi connectivity index (χ4n) is 2.45. The molecule has 1 amide bonds. The van der Waals surface area contributed by atoms with Gasteiger partial charge in [-0.15, -0.1) is 0 Å². The van der Waals surface area contributed by atoms with E-state index >= 15 is 0 Å². The summed E-state index contributed by atoms with van der Waals surface area (Å²) in [6.45, 7) is 7.29. The lowest BCUT2D eigenvalue weighted by atomic mass is 10.1. The third kappa shape index (κ3) is 3.48. The molecule has 0 bridgehead atoms. The van der Waals surface area contributed by atoms with Crippen LogP contribution >= 0.6 is 0 Å². The van der Waals surface area contributed by atoms with E-state index in [1.54, 1.807) is 4.90 Å². The second-order valence-electron chi connectivity index (χ2n) is 5.32. The summed E-state index contributed by atoms with van der Waals surface area (Å²) in [5.74, 6) is 1.05. The molecule has 1 aromatic heterocycles. The monoisotopic (exact) mass is 276 g/mol. The number of pyridine rings is 1. The van der Waals surface area contributed by atoms with E-state index in [0.29, 0.717) is 12.6 Å². The van der Waals surface area contributed by atoms with Crippen molar-refractivity contribution in [2.24, 2.45) is 0 Å². The van der Waals surface area contributed by atoms with Crippen molar-refractivity contribution in [1.82, 2.24) is 15.2 Å². The molecule has 0 radical (unpaired) electrons. The molecule has 2 rings (SSSR count). The van der Waals surface area contributed by atoms with Gasteiger partial charge in [-0.3, -0.25) is 4.79 Å². The van der Waals surface area contributed by atoms with Crippen molar-refractivity contribution in [3.05, 3.63) is 23.9 Å². The summed E-state index contributed by atoms with van der Waals surface area (Å²) in [5, 5.41) is 3.37. The molecule has 1 aliphatic rings. The highest BCUT2D eigenvalue weighted by Gasteiger charge is 2.19. The largest absolute Gasteiger partial charge is 0.347 e. The van der Waals surface area contributed by atoms with E-state index in [1.807, 2.05) is 19.3 Å². The van der Waals surface area contributed by atoms with Gasteiger partial charge in [0.25, 0.3) is 0 Å². The molecule has 1 fully saturated rings. The average Bonchev–Trinajstić information content (AvgIpc) is 2.62. The fraction of sp³-hybridized carbons (Fsp3) is 0.600. The van der Waals surface area contributed by atoms with Gasteiger partial charge in [-0.1, -0.05) is 13.0 Å². The SMILES string of the molecule is CCNC(C)c1ccc(N2CCCN(C)C(=O)C2)nc1. The maximum atomic E-state index is 11.9. The zero-order valence-electron chi connectivity index (χ0n) is 12.6. The highest BCUT2D eigenvalue weighted by Crippen LogP contribution is 2.17. The molecule has 20 heavy (non-hydrogen) atoms. The number of hydrogen-bond donors (Lipinski definition) is 1. The number of carbonyl (C=O) groups excluding carboxylic acids is 1. The lowest BCUT2D eigenvalue weighted by molar-refractivity contribution is -0.127. The van der Waals surface area contributed by atoms with Crippen LogP contribution in [0.15, 0.2) is 18.3 Å². The Hall–Kier alpha value is -1.62. The molecule has 0 spiro atoms. The molecular weight excluding hydrogens is 252 g/mol. The first-order chi connectivity index (χ1) is 9.61. The van der Waals surface area contributed by atoms with E-state index in [1.165, 1.54) is 5.56 Å². The smallest absolute Gasteiger partial charge is 0.241 e. The molecule has 0 aromatic carbocycles. The average molecular weight is 276 g/mol. The Morgan fingerprint density at radius 1 is 1.40 bits per heavy atom. The molecule has 1 atom stereocenters. The Balaban J connectivity index is 2.07. The van der Waals surface area contributed by atoms with Crippen LogP contribution in [0.4, 0.5) is 5.82 Å². The number of amides is 1. The van der Waals surface area contributed by atoms with Crippen LogP contribution in [0.5, 0.6) is 0 Å². The van der Waals surface area contributed by atoms with Gasteiger partial charge in [-0.05, 0) is 31.5 Å². The first-order valence-electron chi connectivity index (χ1n) is 7.30. The Labute approximate surface area is 121 Å². The zero-order valence-corrected chi connectivity index (χ0v) is 12.6. The highest BCUT2D eigenvalue weighted by atomic mass is 16.2. The van der Waals surface area contributed by atoms with E-state index in [2.05, 4.69) is 35.1 Å². The lowest BCUT2D eigenvalue weighted by Gasteiger charge is -2.21. The molecular formula is C15H24N4O. The second-order valence-corrected chi connectivity index (χ2v) is 5.32. The molecule has 1 aromatic rings. The molecule has 1 aliphatic heterocycles.